The number of carbonyl (C=O) groups is 1. The first-order valence-corrected chi connectivity index (χ1v) is 7.54. The summed E-state index contributed by atoms with van der Waals surface area (Å²) in [7, 11) is 0. The molecule has 108 valence electrons. The third-order valence-electron chi connectivity index (χ3n) is 3.90. The fourth-order valence-corrected chi connectivity index (χ4v) is 2.75. The fraction of sp³-hybridized carbons (Fsp3) is 0.278. The van der Waals surface area contributed by atoms with Gasteiger partial charge in [-0.15, -0.1) is 0 Å². The third kappa shape index (κ3) is 3.63. The molecule has 0 atom stereocenters. The van der Waals surface area contributed by atoms with E-state index in [0.29, 0.717) is 11.6 Å². The van der Waals surface area contributed by atoms with Crippen LogP contribution >= 0.6 is 0 Å². The summed E-state index contributed by atoms with van der Waals surface area (Å²) in [5.74, 6) is -0.0768. The molecule has 3 heteroatoms. The molecule has 0 aromatic heterocycles. The van der Waals surface area contributed by atoms with Gasteiger partial charge in [0.2, 0.25) is 0 Å². The lowest BCUT2D eigenvalue weighted by Gasteiger charge is -2.14. The van der Waals surface area contributed by atoms with Crippen molar-refractivity contribution in [3.05, 3.63) is 60.2 Å². The van der Waals surface area contributed by atoms with Crippen LogP contribution in [0.4, 0.5) is 11.4 Å². The highest BCUT2D eigenvalue weighted by Gasteiger charge is 2.14. The Kier molecular flexibility index (Phi) is 4.20. The quantitative estimate of drug-likeness (QED) is 0.877. The average molecular weight is 280 g/mol. The molecule has 3 rings (SSSR count). The topological polar surface area (TPSA) is 41.1 Å². The molecule has 1 aliphatic rings. The van der Waals surface area contributed by atoms with Crippen molar-refractivity contribution in [2.24, 2.45) is 0 Å². The van der Waals surface area contributed by atoms with Crippen molar-refractivity contribution in [2.45, 2.75) is 31.7 Å². The van der Waals surface area contributed by atoms with E-state index in [1.807, 2.05) is 54.6 Å². The zero-order valence-electron chi connectivity index (χ0n) is 12.0. The number of nitrogens with one attached hydrogen (secondary N) is 2. The lowest BCUT2D eigenvalue weighted by atomic mass is 10.2. The zero-order valence-corrected chi connectivity index (χ0v) is 12.0. The molecule has 0 unspecified atom stereocenters. The summed E-state index contributed by atoms with van der Waals surface area (Å²) < 4.78 is 0. The predicted octanol–water partition coefficient (Wildman–Crippen LogP) is 4.29. The summed E-state index contributed by atoms with van der Waals surface area (Å²) in [6, 6.07) is 17.8. The zero-order chi connectivity index (χ0) is 14.5. The summed E-state index contributed by atoms with van der Waals surface area (Å²) in [6.45, 7) is 0. The maximum atomic E-state index is 12.1. The summed E-state index contributed by atoms with van der Waals surface area (Å²) in [5, 5.41) is 6.45. The highest BCUT2D eigenvalue weighted by molar-refractivity contribution is 6.04. The lowest BCUT2D eigenvalue weighted by molar-refractivity contribution is 0.102. The fourth-order valence-electron chi connectivity index (χ4n) is 2.75. The van der Waals surface area contributed by atoms with Gasteiger partial charge >= 0.3 is 0 Å². The molecular weight excluding hydrogens is 260 g/mol. The summed E-state index contributed by atoms with van der Waals surface area (Å²) in [6.07, 6.45) is 5.16. The van der Waals surface area contributed by atoms with E-state index in [4.69, 9.17) is 0 Å². The third-order valence-corrected chi connectivity index (χ3v) is 3.90. The average Bonchev–Trinajstić information content (AvgIpc) is 3.03. The Labute approximate surface area is 125 Å². The van der Waals surface area contributed by atoms with Gasteiger partial charge in [-0.25, -0.2) is 0 Å². The Morgan fingerprint density at radius 3 is 2.14 bits per heavy atom. The van der Waals surface area contributed by atoms with Gasteiger partial charge < -0.3 is 10.6 Å². The van der Waals surface area contributed by atoms with Crippen molar-refractivity contribution in [3.63, 3.8) is 0 Å². The van der Waals surface area contributed by atoms with Gasteiger partial charge in [0.15, 0.2) is 0 Å². The second kappa shape index (κ2) is 6.44. The molecule has 1 saturated carbocycles. The van der Waals surface area contributed by atoms with Crippen LogP contribution in [0.25, 0.3) is 0 Å². The monoisotopic (exact) mass is 280 g/mol. The van der Waals surface area contributed by atoms with Crippen LogP contribution in [0.3, 0.4) is 0 Å². The SMILES string of the molecule is O=C(Nc1ccc(NC2CCCC2)cc1)c1ccccc1. The maximum Gasteiger partial charge on any atom is 0.255 e. The van der Waals surface area contributed by atoms with Crippen LogP contribution in [0.1, 0.15) is 36.0 Å². The molecule has 1 aliphatic carbocycles. The predicted molar refractivity (Wildman–Crippen MR) is 86.7 cm³/mol. The van der Waals surface area contributed by atoms with Crippen LogP contribution in [0, 0.1) is 0 Å². The van der Waals surface area contributed by atoms with Crippen molar-refractivity contribution in [1.82, 2.24) is 0 Å². The van der Waals surface area contributed by atoms with Crippen LogP contribution in [0.2, 0.25) is 0 Å². The molecule has 0 spiro atoms. The van der Waals surface area contributed by atoms with E-state index in [1.54, 1.807) is 0 Å². The van der Waals surface area contributed by atoms with Gasteiger partial charge in [0.1, 0.15) is 0 Å². The van der Waals surface area contributed by atoms with Crippen LogP contribution in [-0.2, 0) is 0 Å². The van der Waals surface area contributed by atoms with E-state index in [1.165, 1.54) is 25.7 Å². The van der Waals surface area contributed by atoms with Gasteiger partial charge in [-0.1, -0.05) is 31.0 Å². The summed E-state index contributed by atoms with van der Waals surface area (Å²) in [5.41, 5.74) is 2.62. The van der Waals surface area contributed by atoms with Crippen LogP contribution < -0.4 is 10.6 Å². The van der Waals surface area contributed by atoms with Crippen LogP contribution in [-0.4, -0.2) is 11.9 Å². The first-order valence-electron chi connectivity index (χ1n) is 7.54. The second-order valence-corrected chi connectivity index (χ2v) is 5.52. The van der Waals surface area contributed by atoms with Crippen molar-refractivity contribution in [1.29, 1.82) is 0 Å². The van der Waals surface area contributed by atoms with Gasteiger partial charge in [0.25, 0.3) is 5.91 Å². The summed E-state index contributed by atoms with van der Waals surface area (Å²) in [4.78, 5) is 12.1. The largest absolute Gasteiger partial charge is 0.382 e. The number of hydrogen-bond acceptors (Lipinski definition) is 2. The van der Waals surface area contributed by atoms with Crippen molar-refractivity contribution >= 4 is 17.3 Å². The second-order valence-electron chi connectivity index (χ2n) is 5.52. The highest BCUT2D eigenvalue weighted by Crippen LogP contribution is 2.23. The molecule has 0 aliphatic heterocycles. The van der Waals surface area contributed by atoms with Gasteiger partial charge in [0.05, 0.1) is 0 Å². The Balaban J connectivity index is 1.60. The van der Waals surface area contributed by atoms with Gasteiger partial charge in [0, 0.05) is 23.0 Å². The van der Waals surface area contributed by atoms with Crippen molar-refractivity contribution in [3.8, 4) is 0 Å². The van der Waals surface area contributed by atoms with E-state index in [0.717, 1.165) is 11.4 Å². The Morgan fingerprint density at radius 1 is 0.857 bits per heavy atom. The Bertz CT molecular complexity index is 586. The van der Waals surface area contributed by atoms with Gasteiger partial charge in [-0.05, 0) is 49.2 Å². The van der Waals surface area contributed by atoms with Gasteiger partial charge in [-0.2, -0.15) is 0 Å². The van der Waals surface area contributed by atoms with Crippen molar-refractivity contribution < 1.29 is 4.79 Å². The molecule has 0 bridgehead atoms. The molecular formula is C18H20N2O. The Morgan fingerprint density at radius 2 is 1.48 bits per heavy atom. The molecule has 0 heterocycles. The molecule has 2 N–H and O–H groups in total. The summed E-state index contributed by atoms with van der Waals surface area (Å²) >= 11 is 0. The minimum atomic E-state index is -0.0768. The number of benzene rings is 2. The molecule has 0 saturated heterocycles. The standard InChI is InChI=1S/C18H20N2O/c21-18(14-6-2-1-3-7-14)20-17-12-10-16(11-13-17)19-15-8-4-5-9-15/h1-3,6-7,10-13,15,19H,4-5,8-9H2,(H,20,21). The number of hydrogen-bond donors (Lipinski definition) is 2. The van der Waals surface area contributed by atoms with Crippen molar-refractivity contribution in [2.75, 3.05) is 10.6 Å². The molecule has 3 nitrogen and oxygen atoms in total. The van der Waals surface area contributed by atoms with Gasteiger partial charge in [-0.3, -0.25) is 4.79 Å². The van der Waals surface area contributed by atoms with E-state index in [-0.39, 0.29) is 5.91 Å². The number of anilines is 2. The lowest BCUT2D eigenvalue weighted by Crippen LogP contribution is -2.14. The molecule has 1 amide bonds. The number of carbonyl (C=O) groups excluding carboxylic acids is 1. The molecule has 2 aromatic rings. The van der Waals surface area contributed by atoms with Crippen LogP contribution in [0.15, 0.2) is 54.6 Å². The maximum absolute atomic E-state index is 12.1. The molecule has 1 fully saturated rings. The first kappa shape index (κ1) is 13.7. The van der Waals surface area contributed by atoms with Crippen LogP contribution in [0.5, 0.6) is 0 Å². The first-order chi connectivity index (χ1) is 10.3. The number of amides is 1. The smallest absolute Gasteiger partial charge is 0.255 e. The van der Waals surface area contributed by atoms with E-state index in [2.05, 4.69) is 10.6 Å². The minimum absolute atomic E-state index is 0.0768. The highest BCUT2D eigenvalue weighted by atomic mass is 16.1. The van der Waals surface area contributed by atoms with E-state index in [9.17, 15) is 4.79 Å². The van der Waals surface area contributed by atoms with E-state index >= 15 is 0 Å². The molecule has 21 heavy (non-hydrogen) atoms. The Hall–Kier alpha value is -2.29. The molecule has 2 aromatic carbocycles. The van der Waals surface area contributed by atoms with E-state index < -0.39 is 0 Å². The normalized spacial score (nSPS) is 14.9. The minimum Gasteiger partial charge on any atom is -0.382 e. The number of rotatable bonds is 4. The molecule has 0 radical (unpaired) electrons.